The van der Waals surface area contributed by atoms with Crippen LogP contribution in [-0.2, 0) is 4.79 Å². The van der Waals surface area contributed by atoms with Gasteiger partial charge in [0.15, 0.2) is 0 Å². The summed E-state index contributed by atoms with van der Waals surface area (Å²) in [5.74, 6) is -1.52. The van der Waals surface area contributed by atoms with Gasteiger partial charge in [-0.2, -0.15) is 0 Å². The number of halogens is 2. The minimum atomic E-state index is -1.29. The maximum absolute atomic E-state index is 13.6. The Balaban J connectivity index is 3.08. The fraction of sp³-hybridized carbons (Fsp3) is 0.364. The minimum absolute atomic E-state index is 0.0169. The van der Waals surface area contributed by atoms with Crippen LogP contribution in [0.25, 0.3) is 0 Å². The third-order valence-corrected chi connectivity index (χ3v) is 2.52. The zero-order chi connectivity index (χ0) is 13.2. The fourth-order valence-corrected chi connectivity index (χ4v) is 1.41. The predicted octanol–water partition coefficient (Wildman–Crippen LogP) is 2.76. The largest absolute Gasteiger partial charge is 0.495 e. The average molecular weight is 262 g/mol. The Labute approximate surface area is 103 Å². The van der Waals surface area contributed by atoms with Gasteiger partial charge in [0.1, 0.15) is 17.1 Å². The molecular weight excluding hydrogens is 249 g/mol. The normalized spacial score (nSPS) is 11.1. The van der Waals surface area contributed by atoms with Crippen LogP contribution in [0.4, 0.5) is 10.1 Å². The van der Waals surface area contributed by atoms with Crippen molar-refractivity contribution in [2.24, 2.45) is 0 Å². The first-order valence-electron chi connectivity index (χ1n) is 4.82. The molecular formula is C11H13ClFNO3. The second kappa shape index (κ2) is 4.79. The lowest BCUT2D eigenvalue weighted by Crippen LogP contribution is -2.40. The zero-order valence-corrected chi connectivity index (χ0v) is 10.4. The van der Waals surface area contributed by atoms with Crippen LogP contribution in [0.2, 0.25) is 5.02 Å². The van der Waals surface area contributed by atoms with Crippen molar-refractivity contribution in [1.29, 1.82) is 0 Å². The molecule has 0 aliphatic carbocycles. The summed E-state index contributed by atoms with van der Waals surface area (Å²) >= 11 is 5.83. The Morgan fingerprint density at radius 3 is 2.59 bits per heavy atom. The van der Waals surface area contributed by atoms with Crippen LogP contribution in [0.5, 0.6) is 5.75 Å². The number of aliphatic carboxylic acids is 1. The molecule has 0 saturated heterocycles. The van der Waals surface area contributed by atoms with Crippen molar-refractivity contribution in [3.05, 3.63) is 23.0 Å². The van der Waals surface area contributed by atoms with E-state index in [1.165, 1.54) is 27.0 Å². The summed E-state index contributed by atoms with van der Waals surface area (Å²) in [4.78, 5) is 10.9. The Bertz CT molecular complexity index is 449. The number of rotatable bonds is 4. The molecule has 4 nitrogen and oxygen atoms in total. The van der Waals surface area contributed by atoms with Gasteiger partial charge in [-0.05, 0) is 19.9 Å². The zero-order valence-electron chi connectivity index (χ0n) is 9.67. The van der Waals surface area contributed by atoms with E-state index in [1.54, 1.807) is 0 Å². The summed E-state index contributed by atoms with van der Waals surface area (Å²) in [6, 6.07) is 2.39. The molecule has 0 fully saturated rings. The average Bonchev–Trinajstić information content (AvgIpc) is 2.22. The molecule has 0 atom stereocenters. The molecule has 0 bridgehead atoms. The Morgan fingerprint density at radius 2 is 2.12 bits per heavy atom. The number of carbonyl (C=O) groups is 1. The van der Waals surface area contributed by atoms with Gasteiger partial charge in [0.25, 0.3) is 0 Å². The molecule has 0 amide bonds. The highest BCUT2D eigenvalue weighted by molar-refractivity contribution is 6.32. The predicted molar refractivity (Wildman–Crippen MR) is 63.3 cm³/mol. The van der Waals surface area contributed by atoms with Crippen molar-refractivity contribution in [3.63, 3.8) is 0 Å². The highest BCUT2D eigenvalue weighted by atomic mass is 35.5. The van der Waals surface area contributed by atoms with E-state index in [1.807, 2.05) is 0 Å². The van der Waals surface area contributed by atoms with E-state index >= 15 is 0 Å². The third-order valence-electron chi connectivity index (χ3n) is 2.22. The molecule has 0 saturated carbocycles. The second-order valence-electron chi connectivity index (χ2n) is 4.02. The second-order valence-corrected chi connectivity index (χ2v) is 4.43. The molecule has 1 rings (SSSR count). The first-order chi connectivity index (χ1) is 7.77. The van der Waals surface area contributed by atoms with Crippen molar-refractivity contribution in [2.45, 2.75) is 19.4 Å². The first-order valence-corrected chi connectivity index (χ1v) is 5.20. The van der Waals surface area contributed by atoms with E-state index in [4.69, 9.17) is 21.4 Å². The van der Waals surface area contributed by atoms with E-state index in [-0.39, 0.29) is 16.5 Å². The van der Waals surface area contributed by atoms with Crippen LogP contribution < -0.4 is 10.1 Å². The molecule has 0 radical (unpaired) electrons. The van der Waals surface area contributed by atoms with Crippen molar-refractivity contribution in [3.8, 4) is 5.75 Å². The maximum Gasteiger partial charge on any atom is 0.328 e. The highest BCUT2D eigenvalue weighted by Crippen LogP contribution is 2.31. The molecule has 2 N–H and O–H groups in total. The van der Waals surface area contributed by atoms with Gasteiger partial charge in [-0.15, -0.1) is 0 Å². The van der Waals surface area contributed by atoms with Crippen LogP contribution in [0.15, 0.2) is 12.1 Å². The molecule has 1 aromatic carbocycles. The Kier molecular flexibility index (Phi) is 3.83. The van der Waals surface area contributed by atoms with Gasteiger partial charge in [-0.1, -0.05) is 11.6 Å². The summed E-state index contributed by atoms with van der Waals surface area (Å²) in [5.41, 5.74) is -1.28. The summed E-state index contributed by atoms with van der Waals surface area (Å²) in [6.07, 6.45) is 0. The minimum Gasteiger partial charge on any atom is -0.495 e. The number of nitrogens with one attached hydrogen (secondary N) is 1. The number of hydrogen-bond donors (Lipinski definition) is 2. The lowest BCUT2D eigenvalue weighted by molar-refractivity contribution is -0.141. The number of hydrogen-bond acceptors (Lipinski definition) is 3. The molecule has 17 heavy (non-hydrogen) atoms. The highest BCUT2D eigenvalue weighted by Gasteiger charge is 2.28. The topological polar surface area (TPSA) is 58.6 Å². The first kappa shape index (κ1) is 13.6. The van der Waals surface area contributed by atoms with Crippen LogP contribution >= 0.6 is 11.6 Å². The number of methoxy groups -OCH3 is 1. The Hall–Kier alpha value is -1.49. The van der Waals surface area contributed by atoms with E-state index in [0.29, 0.717) is 0 Å². The molecule has 0 unspecified atom stereocenters. The van der Waals surface area contributed by atoms with Gasteiger partial charge in [0.2, 0.25) is 0 Å². The van der Waals surface area contributed by atoms with E-state index in [0.717, 1.165) is 6.07 Å². The van der Waals surface area contributed by atoms with Crippen molar-refractivity contribution in [2.75, 3.05) is 12.4 Å². The summed E-state index contributed by atoms with van der Waals surface area (Å²) in [5, 5.41) is 11.7. The smallest absolute Gasteiger partial charge is 0.328 e. The van der Waals surface area contributed by atoms with Crippen LogP contribution in [-0.4, -0.2) is 23.7 Å². The molecule has 1 aromatic rings. The Morgan fingerprint density at radius 1 is 1.53 bits per heavy atom. The van der Waals surface area contributed by atoms with Crippen molar-refractivity contribution < 1.29 is 19.0 Å². The molecule has 0 aliphatic heterocycles. The van der Waals surface area contributed by atoms with Gasteiger partial charge in [-0.3, -0.25) is 0 Å². The standard InChI is InChI=1S/C11H13ClFNO3/c1-11(2,10(15)16)14-8-4-6(12)9(17-3)5-7(8)13/h4-5,14H,1-3H3,(H,15,16). The lowest BCUT2D eigenvalue weighted by Gasteiger charge is -2.23. The van der Waals surface area contributed by atoms with E-state index in [9.17, 15) is 9.18 Å². The number of anilines is 1. The van der Waals surface area contributed by atoms with Crippen LogP contribution in [0.1, 0.15) is 13.8 Å². The maximum atomic E-state index is 13.6. The van der Waals surface area contributed by atoms with Gasteiger partial charge in [0, 0.05) is 6.07 Å². The number of carboxylic acids is 1. The van der Waals surface area contributed by atoms with Crippen molar-refractivity contribution >= 4 is 23.3 Å². The number of benzene rings is 1. The van der Waals surface area contributed by atoms with E-state index in [2.05, 4.69) is 5.32 Å². The summed E-state index contributed by atoms with van der Waals surface area (Å²) in [6.45, 7) is 2.85. The van der Waals surface area contributed by atoms with Crippen LogP contribution in [0, 0.1) is 5.82 Å². The van der Waals surface area contributed by atoms with Gasteiger partial charge >= 0.3 is 5.97 Å². The summed E-state index contributed by atoms with van der Waals surface area (Å²) in [7, 11) is 1.37. The van der Waals surface area contributed by atoms with Crippen molar-refractivity contribution in [1.82, 2.24) is 0 Å². The fourth-order valence-electron chi connectivity index (χ4n) is 1.17. The van der Waals surface area contributed by atoms with Gasteiger partial charge < -0.3 is 15.2 Å². The molecule has 0 heterocycles. The molecule has 6 heteroatoms. The molecule has 94 valence electrons. The quantitative estimate of drug-likeness (QED) is 0.875. The summed E-state index contributed by atoms with van der Waals surface area (Å²) < 4.78 is 18.5. The third kappa shape index (κ3) is 3.00. The van der Waals surface area contributed by atoms with Gasteiger partial charge in [-0.25, -0.2) is 9.18 Å². The lowest BCUT2D eigenvalue weighted by atomic mass is 10.1. The SMILES string of the molecule is COc1cc(F)c(NC(C)(C)C(=O)O)cc1Cl. The van der Waals surface area contributed by atoms with E-state index < -0.39 is 17.3 Å². The van der Waals surface area contributed by atoms with Gasteiger partial charge in [0.05, 0.1) is 17.8 Å². The molecule has 0 spiro atoms. The molecule has 0 aromatic heterocycles. The number of carboxylic acid groups (broad SMARTS) is 1. The van der Waals surface area contributed by atoms with Crippen LogP contribution in [0.3, 0.4) is 0 Å². The monoisotopic (exact) mass is 261 g/mol. The number of ether oxygens (including phenoxy) is 1. The molecule has 0 aliphatic rings.